The lowest BCUT2D eigenvalue weighted by atomic mass is 10.0. The zero-order valence-electron chi connectivity index (χ0n) is 15.3. The summed E-state index contributed by atoms with van der Waals surface area (Å²) in [5, 5.41) is 15.5. The van der Waals surface area contributed by atoms with Crippen LogP contribution in [-0.2, 0) is 4.79 Å². The predicted octanol–water partition coefficient (Wildman–Crippen LogP) is 3.19. The summed E-state index contributed by atoms with van der Waals surface area (Å²) in [6.45, 7) is 6.44. The van der Waals surface area contributed by atoms with E-state index in [-0.39, 0.29) is 31.1 Å². The Balaban J connectivity index is 1.91. The van der Waals surface area contributed by atoms with E-state index in [1.54, 1.807) is 0 Å². The molecule has 2 aromatic rings. The quantitative estimate of drug-likeness (QED) is 0.691. The summed E-state index contributed by atoms with van der Waals surface area (Å²) < 4.78 is 0. The highest BCUT2D eigenvalue weighted by Gasteiger charge is 2.14. The number of carbonyl (C=O) groups is 1. The first-order valence-corrected chi connectivity index (χ1v) is 8.77. The average molecular weight is 340 g/mol. The van der Waals surface area contributed by atoms with Crippen LogP contribution in [0.15, 0.2) is 48.5 Å². The summed E-state index contributed by atoms with van der Waals surface area (Å²) in [7, 11) is 0. The van der Waals surface area contributed by atoms with Crippen LogP contribution >= 0.6 is 0 Å². The topological polar surface area (TPSA) is 61.4 Å². The molecule has 0 radical (unpaired) electrons. The molecule has 1 amide bonds. The molecule has 2 atom stereocenters. The van der Waals surface area contributed by atoms with Crippen LogP contribution in [0.25, 0.3) is 0 Å². The maximum Gasteiger partial charge on any atom is 0.234 e. The van der Waals surface area contributed by atoms with E-state index in [2.05, 4.69) is 42.7 Å². The number of hydrogen-bond acceptors (Lipinski definition) is 3. The standard InChI is InChI=1S/C21H28N2O2/c1-15-9-10-19(13-16(15)2)17(3)23-21(25)14-22-20(11-12-24)18-7-5-4-6-8-18/h4-10,13,17,20,22,24H,11-12,14H2,1-3H3,(H,23,25). The maximum atomic E-state index is 12.3. The molecule has 2 aromatic carbocycles. The molecule has 134 valence electrons. The highest BCUT2D eigenvalue weighted by atomic mass is 16.3. The number of aryl methyl sites for hydroxylation is 2. The van der Waals surface area contributed by atoms with Gasteiger partial charge in [-0.2, -0.15) is 0 Å². The second kappa shape index (κ2) is 9.35. The van der Waals surface area contributed by atoms with Crippen molar-refractivity contribution in [1.29, 1.82) is 0 Å². The Kier molecular flexibility index (Phi) is 7.16. The number of aliphatic hydroxyl groups is 1. The third-order valence-corrected chi connectivity index (χ3v) is 4.54. The van der Waals surface area contributed by atoms with Crippen molar-refractivity contribution in [3.05, 3.63) is 70.8 Å². The van der Waals surface area contributed by atoms with Gasteiger partial charge in [0.1, 0.15) is 0 Å². The number of nitrogens with one attached hydrogen (secondary N) is 2. The summed E-state index contributed by atoms with van der Waals surface area (Å²) >= 11 is 0. The first-order chi connectivity index (χ1) is 12.0. The molecule has 0 aliphatic carbocycles. The van der Waals surface area contributed by atoms with Gasteiger partial charge in [0.15, 0.2) is 0 Å². The molecular formula is C21H28N2O2. The van der Waals surface area contributed by atoms with Crippen molar-refractivity contribution in [1.82, 2.24) is 10.6 Å². The molecule has 0 fully saturated rings. The summed E-state index contributed by atoms with van der Waals surface area (Å²) in [5.74, 6) is -0.0513. The van der Waals surface area contributed by atoms with E-state index < -0.39 is 0 Å². The van der Waals surface area contributed by atoms with E-state index in [1.165, 1.54) is 11.1 Å². The number of aliphatic hydroxyl groups excluding tert-OH is 1. The van der Waals surface area contributed by atoms with Crippen molar-refractivity contribution >= 4 is 5.91 Å². The van der Waals surface area contributed by atoms with Gasteiger partial charge in [-0.25, -0.2) is 0 Å². The average Bonchev–Trinajstić information content (AvgIpc) is 2.61. The van der Waals surface area contributed by atoms with Crippen molar-refractivity contribution in [2.24, 2.45) is 0 Å². The van der Waals surface area contributed by atoms with Gasteiger partial charge in [-0.3, -0.25) is 4.79 Å². The summed E-state index contributed by atoms with van der Waals surface area (Å²) in [4.78, 5) is 12.3. The zero-order chi connectivity index (χ0) is 18.2. The Bertz CT molecular complexity index is 686. The Morgan fingerprint density at radius 1 is 1.04 bits per heavy atom. The molecule has 0 aliphatic rings. The molecule has 4 nitrogen and oxygen atoms in total. The summed E-state index contributed by atoms with van der Waals surface area (Å²) in [5.41, 5.74) is 4.65. The van der Waals surface area contributed by atoms with Gasteiger partial charge < -0.3 is 15.7 Å². The van der Waals surface area contributed by atoms with Crippen molar-refractivity contribution in [2.75, 3.05) is 13.2 Å². The lowest BCUT2D eigenvalue weighted by Crippen LogP contribution is -2.37. The third-order valence-electron chi connectivity index (χ3n) is 4.54. The third kappa shape index (κ3) is 5.69. The molecular weight excluding hydrogens is 312 g/mol. The smallest absolute Gasteiger partial charge is 0.234 e. The van der Waals surface area contributed by atoms with Crippen molar-refractivity contribution in [3.63, 3.8) is 0 Å². The van der Waals surface area contributed by atoms with Gasteiger partial charge in [-0.15, -0.1) is 0 Å². The van der Waals surface area contributed by atoms with Gasteiger partial charge in [0, 0.05) is 12.6 Å². The monoisotopic (exact) mass is 340 g/mol. The Morgan fingerprint density at radius 2 is 1.76 bits per heavy atom. The molecule has 25 heavy (non-hydrogen) atoms. The SMILES string of the molecule is Cc1ccc(C(C)NC(=O)CNC(CCO)c2ccccc2)cc1C. The fourth-order valence-corrected chi connectivity index (χ4v) is 2.83. The molecule has 0 saturated carbocycles. The minimum absolute atomic E-state index is 0.0334. The van der Waals surface area contributed by atoms with Crippen LogP contribution in [0.5, 0.6) is 0 Å². The van der Waals surface area contributed by atoms with Gasteiger partial charge in [0.05, 0.1) is 12.6 Å². The second-order valence-electron chi connectivity index (χ2n) is 6.49. The minimum atomic E-state index is -0.0513. The maximum absolute atomic E-state index is 12.3. The number of amides is 1. The predicted molar refractivity (Wildman–Crippen MR) is 101 cm³/mol. The molecule has 0 saturated heterocycles. The largest absolute Gasteiger partial charge is 0.396 e. The normalized spacial score (nSPS) is 13.3. The van der Waals surface area contributed by atoms with E-state index in [9.17, 15) is 9.90 Å². The van der Waals surface area contributed by atoms with E-state index in [4.69, 9.17) is 0 Å². The van der Waals surface area contributed by atoms with E-state index in [1.807, 2.05) is 37.3 Å². The molecule has 0 spiro atoms. The highest BCUT2D eigenvalue weighted by Crippen LogP contribution is 2.17. The van der Waals surface area contributed by atoms with Gasteiger partial charge in [-0.1, -0.05) is 48.5 Å². The van der Waals surface area contributed by atoms with Gasteiger partial charge in [0.2, 0.25) is 5.91 Å². The molecule has 2 unspecified atom stereocenters. The zero-order valence-corrected chi connectivity index (χ0v) is 15.3. The van der Waals surface area contributed by atoms with Crippen LogP contribution < -0.4 is 10.6 Å². The Morgan fingerprint density at radius 3 is 2.40 bits per heavy atom. The lowest BCUT2D eigenvalue weighted by molar-refractivity contribution is -0.121. The number of rotatable bonds is 8. The number of carbonyl (C=O) groups excluding carboxylic acids is 1. The number of benzene rings is 2. The fraction of sp³-hybridized carbons (Fsp3) is 0.381. The fourth-order valence-electron chi connectivity index (χ4n) is 2.83. The molecule has 2 rings (SSSR count). The van der Waals surface area contributed by atoms with Crippen molar-refractivity contribution in [3.8, 4) is 0 Å². The molecule has 0 bridgehead atoms. The van der Waals surface area contributed by atoms with Crippen LogP contribution in [0.1, 0.15) is 47.7 Å². The second-order valence-corrected chi connectivity index (χ2v) is 6.49. The first-order valence-electron chi connectivity index (χ1n) is 8.77. The van der Waals surface area contributed by atoms with Crippen LogP contribution in [0.2, 0.25) is 0 Å². The van der Waals surface area contributed by atoms with Crippen LogP contribution in [-0.4, -0.2) is 24.2 Å². The van der Waals surface area contributed by atoms with Crippen LogP contribution in [0.4, 0.5) is 0 Å². The first kappa shape index (κ1) is 19.2. The Hall–Kier alpha value is -2.17. The van der Waals surface area contributed by atoms with E-state index >= 15 is 0 Å². The molecule has 0 aliphatic heterocycles. The number of hydrogen-bond donors (Lipinski definition) is 3. The van der Waals surface area contributed by atoms with Crippen LogP contribution in [0, 0.1) is 13.8 Å². The minimum Gasteiger partial charge on any atom is -0.396 e. The summed E-state index contributed by atoms with van der Waals surface area (Å²) in [6, 6.07) is 16.1. The highest BCUT2D eigenvalue weighted by molar-refractivity contribution is 5.78. The van der Waals surface area contributed by atoms with Gasteiger partial charge in [0.25, 0.3) is 0 Å². The lowest BCUT2D eigenvalue weighted by Gasteiger charge is -2.20. The Labute approximate surface area is 150 Å². The molecule has 4 heteroatoms. The van der Waals surface area contributed by atoms with Gasteiger partial charge in [-0.05, 0) is 49.4 Å². The molecule has 0 heterocycles. The van der Waals surface area contributed by atoms with Crippen molar-refractivity contribution < 1.29 is 9.90 Å². The van der Waals surface area contributed by atoms with Crippen LogP contribution in [0.3, 0.4) is 0 Å². The summed E-state index contributed by atoms with van der Waals surface area (Å²) in [6.07, 6.45) is 0.573. The van der Waals surface area contributed by atoms with E-state index in [0.717, 1.165) is 11.1 Å². The van der Waals surface area contributed by atoms with Gasteiger partial charge >= 0.3 is 0 Å². The molecule has 0 aromatic heterocycles. The molecule has 3 N–H and O–H groups in total. The van der Waals surface area contributed by atoms with E-state index in [0.29, 0.717) is 6.42 Å². The van der Waals surface area contributed by atoms with Crippen molar-refractivity contribution in [2.45, 2.75) is 39.3 Å².